The molecule has 1 aliphatic carbocycles. The SMILES string of the molecule is COc1cc2cc(c1Cl)N(C)C(=O)C[C@H](OC(=O)CN(C)C(=O)CCSC1CC(=O)N(CC3CCC(C(=O)ON4C(=O)CCC4=O)CC3)C1=O)[C@]1(C)OC1CC1C[C@@](O)(NC(=O)O1)[C@H](OC)/C=C/C=C(\C)C2. The molecule has 3 unspecified atom stereocenters. The maximum absolute atomic E-state index is 14.2. The van der Waals surface area contributed by atoms with E-state index >= 15 is 0 Å². The highest BCUT2D eigenvalue weighted by molar-refractivity contribution is 8.00. The number of benzene rings is 1. The summed E-state index contributed by atoms with van der Waals surface area (Å²) in [5.41, 5.74) is -1.15. The van der Waals surface area contributed by atoms with Crippen LogP contribution in [0.1, 0.15) is 90.0 Å². The summed E-state index contributed by atoms with van der Waals surface area (Å²) >= 11 is 7.94. The molecular formula is C49H62ClN5O16S. The van der Waals surface area contributed by atoms with E-state index in [0.29, 0.717) is 48.6 Å². The highest BCUT2D eigenvalue weighted by Crippen LogP contribution is 2.47. The number of aliphatic hydroxyl groups is 1. The Kier molecular flexibility index (Phi) is 17.1. The molecule has 6 aliphatic rings. The van der Waals surface area contributed by atoms with Crippen molar-refractivity contribution >= 4 is 82.5 Å². The quantitative estimate of drug-likeness (QED) is 0.163. The monoisotopic (exact) mass is 1040 g/mol. The molecule has 5 fully saturated rings. The second-order valence-electron chi connectivity index (χ2n) is 19.4. The number of epoxide rings is 1. The van der Waals surface area contributed by atoms with Crippen molar-refractivity contribution in [3.63, 3.8) is 0 Å². The maximum Gasteiger partial charge on any atom is 0.409 e. The summed E-state index contributed by atoms with van der Waals surface area (Å²) in [5.74, 6) is -4.29. The van der Waals surface area contributed by atoms with E-state index in [2.05, 4.69) is 5.32 Å². The Morgan fingerprint density at radius 3 is 2.39 bits per heavy atom. The molecule has 21 nitrogen and oxygen atoms in total. The van der Waals surface area contributed by atoms with E-state index < -0.39 is 95.1 Å². The van der Waals surface area contributed by atoms with Crippen LogP contribution in [0.4, 0.5) is 10.5 Å². The number of ether oxygens (including phenoxy) is 5. The average molecular weight is 1040 g/mol. The largest absolute Gasteiger partial charge is 0.495 e. The number of hydrogen-bond acceptors (Lipinski definition) is 17. The van der Waals surface area contributed by atoms with Crippen LogP contribution in [0.3, 0.4) is 0 Å². The van der Waals surface area contributed by atoms with Crippen LogP contribution in [0.25, 0.3) is 0 Å². The number of alkyl carbamates (subject to hydrolysis) is 1. The number of carbonyl (C=O) groups excluding carboxylic acids is 9. The zero-order valence-electron chi connectivity index (χ0n) is 41.2. The van der Waals surface area contributed by atoms with Crippen LogP contribution < -0.4 is 15.0 Å². The lowest BCUT2D eigenvalue weighted by Gasteiger charge is -2.40. The number of amides is 7. The van der Waals surface area contributed by atoms with Crippen molar-refractivity contribution in [2.45, 2.75) is 132 Å². The number of hydrogen-bond donors (Lipinski definition) is 2. The molecule has 7 rings (SSSR count). The Balaban J connectivity index is 0.954. The molecule has 1 aromatic rings. The fourth-order valence-electron chi connectivity index (χ4n) is 9.84. The van der Waals surface area contributed by atoms with Crippen LogP contribution in [0, 0.1) is 11.8 Å². The standard InChI is InChI=1S/C49H62ClN5O16S/c1-27-8-7-9-35(67-6)49(65)24-31(68-47(64)51-49)21-37-48(2,70-37)36(23-41(59)53(4)32-19-29(18-27)20-33(66-5)44(32)50)69-43(61)26-52(3)38(56)16-17-72-34-22-42(60)54(45(34)62)25-28-10-12-30(13-11-28)46(63)71-55-39(57)14-15-40(55)58/h7-9,19-20,28,30-31,34-37,65H,10-18,21-26H2,1-6H3,(H,51,64)/b9-7+,27-8+/t28?,30?,31?,34?,35-,36+,37?,48+,49+/m1/s1. The number of methoxy groups -OCH3 is 2. The number of esters is 1. The average Bonchev–Trinajstić information content (AvgIpc) is 3.77. The summed E-state index contributed by atoms with van der Waals surface area (Å²) in [6.07, 6.45) is 2.28. The maximum atomic E-state index is 14.2. The van der Waals surface area contributed by atoms with Gasteiger partial charge in [-0.25, -0.2) is 9.59 Å². The fraction of sp³-hybridized carbons (Fsp3) is 0.612. The number of fused-ring (bicyclic) bond motifs is 5. The molecule has 72 heavy (non-hydrogen) atoms. The van der Waals surface area contributed by atoms with Crippen LogP contribution >= 0.6 is 23.4 Å². The Morgan fingerprint density at radius 2 is 1.71 bits per heavy atom. The van der Waals surface area contributed by atoms with Crippen LogP contribution in [0.5, 0.6) is 5.75 Å². The van der Waals surface area contributed by atoms with E-state index in [4.69, 9.17) is 40.1 Å². The third-order valence-electron chi connectivity index (χ3n) is 14.2. The molecular weight excluding hydrogens is 982 g/mol. The summed E-state index contributed by atoms with van der Waals surface area (Å²) in [4.78, 5) is 126. The molecule has 7 amide bonds. The Bertz CT molecular complexity index is 2400. The predicted molar refractivity (Wildman–Crippen MR) is 257 cm³/mol. The Hall–Kier alpha value is -5.55. The van der Waals surface area contributed by atoms with Gasteiger partial charge in [-0.3, -0.25) is 43.8 Å². The minimum absolute atomic E-state index is 0.00114. The number of likely N-dealkylation sites (tertiary alicyclic amines) is 1. The van der Waals surface area contributed by atoms with Crippen LogP contribution in [0.15, 0.2) is 35.9 Å². The van der Waals surface area contributed by atoms with Crippen molar-refractivity contribution in [2.24, 2.45) is 11.8 Å². The number of rotatable bonds is 13. The lowest BCUT2D eigenvalue weighted by Crippen LogP contribution is -2.62. The lowest BCUT2D eigenvalue weighted by molar-refractivity contribution is -0.201. The highest BCUT2D eigenvalue weighted by atomic mass is 35.5. The molecule has 1 saturated carbocycles. The van der Waals surface area contributed by atoms with E-state index in [1.165, 1.54) is 54.8 Å². The van der Waals surface area contributed by atoms with Gasteiger partial charge in [0.2, 0.25) is 23.6 Å². The van der Waals surface area contributed by atoms with Gasteiger partial charge in [-0.05, 0) is 69.6 Å². The topological polar surface area (TPSA) is 258 Å². The number of nitrogens with zero attached hydrogens (tertiary/aromatic N) is 4. The van der Waals surface area contributed by atoms with Gasteiger partial charge in [0.1, 0.15) is 41.2 Å². The number of imide groups is 2. The van der Waals surface area contributed by atoms with Gasteiger partial charge in [-0.15, -0.1) is 16.8 Å². The van der Waals surface area contributed by atoms with Gasteiger partial charge < -0.3 is 43.4 Å². The van der Waals surface area contributed by atoms with Crippen LogP contribution in [0.2, 0.25) is 5.02 Å². The molecule has 5 aliphatic heterocycles. The van der Waals surface area contributed by atoms with Crippen molar-refractivity contribution in [3.05, 3.63) is 46.5 Å². The number of allylic oxidation sites excluding steroid dienone is 3. The second-order valence-corrected chi connectivity index (χ2v) is 21.1. The summed E-state index contributed by atoms with van der Waals surface area (Å²) in [7, 11) is 5.81. The fourth-order valence-corrected chi connectivity index (χ4v) is 11.3. The molecule has 2 N–H and O–H groups in total. The van der Waals surface area contributed by atoms with Crippen molar-refractivity contribution in [3.8, 4) is 5.75 Å². The van der Waals surface area contributed by atoms with Crippen molar-refractivity contribution < 1.29 is 76.8 Å². The number of thioether (sulfide) groups is 1. The van der Waals surface area contributed by atoms with E-state index in [-0.39, 0.29) is 80.0 Å². The highest BCUT2D eigenvalue weighted by Gasteiger charge is 2.61. The van der Waals surface area contributed by atoms with Gasteiger partial charge in [-0.2, -0.15) is 0 Å². The van der Waals surface area contributed by atoms with Gasteiger partial charge in [0.15, 0.2) is 5.72 Å². The Morgan fingerprint density at radius 1 is 1.00 bits per heavy atom. The van der Waals surface area contributed by atoms with Crippen LogP contribution in [-0.2, 0) is 68.6 Å². The van der Waals surface area contributed by atoms with E-state index in [0.717, 1.165) is 11.1 Å². The summed E-state index contributed by atoms with van der Waals surface area (Å²) < 4.78 is 28.9. The van der Waals surface area contributed by atoms with Gasteiger partial charge in [-0.1, -0.05) is 35.4 Å². The van der Waals surface area contributed by atoms with Crippen molar-refractivity contribution in [1.82, 2.24) is 20.2 Å². The zero-order chi connectivity index (χ0) is 52.2. The molecule has 4 saturated heterocycles. The molecule has 1 aromatic carbocycles. The molecule has 4 bridgehead atoms. The normalized spacial score (nSPS) is 31.2. The number of anilines is 1. The van der Waals surface area contributed by atoms with Crippen molar-refractivity contribution in [1.29, 1.82) is 0 Å². The molecule has 5 heterocycles. The first-order valence-corrected chi connectivity index (χ1v) is 25.4. The molecule has 392 valence electrons. The van der Waals surface area contributed by atoms with Gasteiger partial charge in [0, 0.05) is 72.0 Å². The van der Waals surface area contributed by atoms with E-state index in [9.17, 15) is 48.3 Å². The molecule has 7 atom stereocenters. The summed E-state index contributed by atoms with van der Waals surface area (Å²) in [6, 6.07) is 3.51. The van der Waals surface area contributed by atoms with Gasteiger partial charge >= 0.3 is 18.0 Å². The first-order chi connectivity index (χ1) is 34.1. The number of carbonyl (C=O) groups is 9. The minimum Gasteiger partial charge on any atom is -0.495 e. The molecule has 0 spiro atoms. The number of nitrogens with one attached hydrogen (secondary N) is 1. The Labute approximate surface area is 426 Å². The smallest absolute Gasteiger partial charge is 0.409 e. The van der Waals surface area contributed by atoms with E-state index in [1.54, 1.807) is 31.2 Å². The predicted octanol–water partition coefficient (Wildman–Crippen LogP) is 3.54. The minimum atomic E-state index is -1.87. The second kappa shape index (κ2) is 22.7. The van der Waals surface area contributed by atoms with Gasteiger partial charge in [0.25, 0.3) is 11.8 Å². The van der Waals surface area contributed by atoms with Crippen LogP contribution in [-0.4, -0.2) is 162 Å². The summed E-state index contributed by atoms with van der Waals surface area (Å²) in [5, 5.41) is 14.2. The van der Waals surface area contributed by atoms with Crippen molar-refractivity contribution in [2.75, 3.05) is 52.1 Å². The summed E-state index contributed by atoms with van der Waals surface area (Å²) in [6.45, 7) is 3.23. The van der Waals surface area contributed by atoms with Gasteiger partial charge in [0.05, 0.1) is 36.5 Å². The molecule has 23 heteroatoms. The number of likely N-dealkylation sites (N-methyl/N-ethyl adjacent to an activating group) is 1. The lowest BCUT2D eigenvalue weighted by atomic mass is 9.82. The first kappa shape index (κ1) is 54.2. The molecule has 0 radical (unpaired) electrons. The first-order valence-electron chi connectivity index (χ1n) is 24.0. The number of hydroxylamine groups is 2. The zero-order valence-corrected chi connectivity index (χ0v) is 42.8. The number of halogens is 1. The van der Waals surface area contributed by atoms with E-state index in [1.807, 2.05) is 13.0 Å². The molecule has 0 aromatic heterocycles. The third-order valence-corrected chi connectivity index (χ3v) is 15.8. The third kappa shape index (κ3) is 12.4.